The summed E-state index contributed by atoms with van der Waals surface area (Å²) in [7, 11) is 0. The number of carbonyl (C=O) groups is 1. The third kappa shape index (κ3) is 6.67. The Morgan fingerprint density at radius 1 is 1.33 bits per heavy atom. The number of pyridine rings is 1. The highest BCUT2D eigenvalue weighted by Gasteiger charge is 2.10. The van der Waals surface area contributed by atoms with Crippen LogP contribution >= 0.6 is 24.8 Å². The summed E-state index contributed by atoms with van der Waals surface area (Å²) in [6.07, 6.45) is 5.90. The van der Waals surface area contributed by atoms with Crippen molar-refractivity contribution < 1.29 is 4.79 Å². The summed E-state index contributed by atoms with van der Waals surface area (Å²) in [4.78, 5) is 18.8. The maximum Gasteiger partial charge on any atom is 0.253 e. The fourth-order valence-electron chi connectivity index (χ4n) is 2.54. The smallest absolute Gasteiger partial charge is 0.253 e. The molecule has 1 aromatic heterocycles. The maximum atomic E-state index is 12.2. The zero-order chi connectivity index (χ0) is 15.8. The summed E-state index contributed by atoms with van der Waals surface area (Å²) >= 11 is 0. The molecule has 0 aliphatic carbocycles. The van der Waals surface area contributed by atoms with Gasteiger partial charge in [0.1, 0.15) is 5.82 Å². The first-order chi connectivity index (χ1) is 10.7. The van der Waals surface area contributed by atoms with Gasteiger partial charge in [-0.1, -0.05) is 18.6 Å². The molecule has 0 atom stereocenters. The lowest BCUT2D eigenvalue weighted by Crippen LogP contribution is -2.30. The second kappa shape index (κ2) is 12.1. The third-order valence-electron chi connectivity index (χ3n) is 3.84. The van der Waals surface area contributed by atoms with E-state index >= 15 is 0 Å². The van der Waals surface area contributed by atoms with Gasteiger partial charge < -0.3 is 15.5 Å². The molecule has 0 spiro atoms. The normalized spacial score (nSPS) is 13.2. The van der Waals surface area contributed by atoms with E-state index in [-0.39, 0.29) is 30.7 Å². The van der Waals surface area contributed by atoms with E-state index < -0.39 is 0 Å². The summed E-state index contributed by atoms with van der Waals surface area (Å²) in [5.41, 5.74) is 1.91. The van der Waals surface area contributed by atoms with Gasteiger partial charge in [-0.15, -0.1) is 24.8 Å². The van der Waals surface area contributed by atoms with Crippen molar-refractivity contribution in [3.05, 3.63) is 35.5 Å². The molecule has 2 N–H and O–H groups in total. The quantitative estimate of drug-likeness (QED) is 0.720. The fourth-order valence-corrected chi connectivity index (χ4v) is 2.54. The third-order valence-corrected chi connectivity index (χ3v) is 3.84. The number of nitrogens with one attached hydrogen (secondary N) is 2. The van der Waals surface area contributed by atoms with Crippen LogP contribution < -0.4 is 15.5 Å². The van der Waals surface area contributed by atoms with E-state index in [2.05, 4.69) is 40.4 Å². The molecule has 0 saturated heterocycles. The Morgan fingerprint density at radius 3 is 2.67 bits per heavy atom. The molecule has 24 heavy (non-hydrogen) atoms. The molecular formula is C17H28Cl2N4O. The van der Waals surface area contributed by atoms with Crippen molar-refractivity contribution in [1.29, 1.82) is 0 Å². The van der Waals surface area contributed by atoms with Crippen LogP contribution in [0.15, 0.2) is 30.0 Å². The Balaban J connectivity index is 0.00000264. The van der Waals surface area contributed by atoms with Crippen LogP contribution in [0.25, 0.3) is 0 Å². The van der Waals surface area contributed by atoms with Crippen LogP contribution in [-0.2, 0) is 0 Å². The second-order valence-electron chi connectivity index (χ2n) is 5.48. The van der Waals surface area contributed by atoms with E-state index in [0.717, 1.165) is 44.8 Å². The summed E-state index contributed by atoms with van der Waals surface area (Å²) in [5.74, 6) is 0.874. The standard InChI is InChI=1S/C17H26N4O.2ClH/c1-3-11-21(4-2)16-6-5-15(13-19-16)17(22)20-12-14-7-9-18-10-8-14;;/h5-7,13,18H,3-4,8-12H2,1-2H3,(H,20,22);2*1H. The number of halogens is 2. The lowest BCUT2D eigenvalue weighted by molar-refractivity contribution is 0.0956. The number of aromatic nitrogens is 1. The van der Waals surface area contributed by atoms with Gasteiger partial charge in [-0.05, 0) is 38.4 Å². The number of rotatable bonds is 7. The molecule has 2 rings (SSSR count). The molecule has 0 aromatic carbocycles. The van der Waals surface area contributed by atoms with Crippen molar-refractivity contribution in [2.24, 2.45) is 0 Å². The summed E-state index contributed by atoms with van der Waals surface area (Å²) in [5, 5.41) is 6.23. The predicted octanol–water partition coefficient (Wildman–Crippen LogP) is 2.81. The zero-order valence-corrected chi connectivity index (χ0v) is 16.0. The minimum atomic E-state index is -0.0583. The highest BCUT2D eigenvalue weighted by molar-refractivity contribution is 5.94. The number of hydrogen-bond donors (Lipinski definition) is 2. The fraction of sp³-hybridized carbons (Fsp3) is 0.529. The Morgan fingerprint density at radius 2 is 2.12 bits per heavy atom. The maximum absolute atomic E-state index is 12.2. The van der Waals surface area contributed by atoms with Crippen LogP contribution in [0.1, 0.15) is 37.0 Å². The Labute approximate surface area is 157 Å². The highest BCUT2D eigenvalue weighted by Crippen LogP contribution is 2.12. The van der Waals surface area contributed by atoms with Crippen molar-refractivity contribution in [1.82, 2.24) is 15.6 Å². The molecule has 1 aliphatic heterocycles. The molecule has 1 aromatic rings. The first-order valence-electron chi connectivity index (χ1n) is 8.12. The first kappa shape index (κ1) is 22.7. The van der Waals surface area contributed by atoms with Crippen LogP contribution in [0, 0.1) is 0 Å². The summed E-state index contributed by atoms with van der Waals surface area (Å²) in [6.45, 7) is 8.68. The van der Waals surface area contributed by atoms with E-state index in [1.165, 1.54) is 5.57 Å². The van der Waals surface area contributed by atoms with Gasteiger partial charge in [0, 0.05) is 32.4 Å². The van der Waals surface area contributed by atoms with Gasteiger partial charge in [-0.2, -0.15) is 0 Å². The minimum Gasteiger partial charge on any atom is -0.357 e. The molecule has 0 radical (unpaired) electrons. The van der Waals surface area contributed by atoms with Crippen molar-refractivity contribution in [3.63, 3.8) is 0 Å². The molecule has 5 nitrogen and oxygen atoms in total. The van der Waals surface area contributed by atoms with Gasteiger partial charge in [0.25, 0.3) is 5.91 Å². The van der Waals surface area contributed by atoms with Gasteiger partial charge >= 0.3 is 0 Å². The number of anilines is 1. The van der Waals surface area contributed by atoms with E-state index in [1.807, 2.05) is 12.1 Å². The predicted molar refractivity (Wildman–Crippen MR) is 105 cm³/mol. The topological polar surface area (TPSA) is 57.3 Å². The van der Waals surface area contributed by atoms with E-state index in [0.29, 0.717) is 12.1 Å². The van der Waals surface area contributed by atoms with Gasteiger partial charge in [0.05, 0.1) is 5.56 Å². The zero-order valence-electron chi connectivity index (χ0n) is 14.4. The van der Waals surface area contributed by atoms with Crippen molar-refractivity contribution in [2.45, 2.75) is 26.7 Å². The monoisotopic (exact) mass is 374 g/mol. The van der Waals surface area contributed by atoms with Crippen LogP contribution in [0.4, 0.5) is 5.82 Å². The average Bonchev–Trinajstić information content (AvgIpc) is 2.58. The van der Waals surface area contributed by atoms with Gasteiger partial charge in [-0.25, -0.2) is 4.98 Å². The molecule has 2 heterocycles. The Hall–Kier alpha value is -1.30. The van der Waals surface area contributed by atoms with Crippen LogP contribution in [0.3, 0.4) is 0 Å². The van der Waals surface area contributed by atoms with Gasteiger partial charge in [-0.3, -0.25) is 4.79 Å². The summed E-state index contributed by atoms with van der Waals surface area (Å²) in [6, 6.07) is 3.78. The Kier molecular flexibility index (Phi) is 11.5. The Bertz CT molecular complexity index is 520. The SMILES string of the molecule is CCCN(CC)c1ccc(C(=O)NCC2=CCNCC2)cn1.Cl.Cl. The average molecular weight is 375 g/mol. The molecule has 0 fully saturated rings. The van der Waals surface area contributed by atoms with Crippen LogP contribution in [0.2, 0.25) is 0 Å². The second-order valence-corrected chi connectivity index (χ2v) is 5.48. The lowest BCUT2D eigenvalue weighted by Gasteiger charge is -2.21. The van der Waals surface area contributed by atoms with E-state index in [9.17, 15) is 4.79 Å². The van der Waals surface area contributed by atoms with Crippen LogP contribution in [0.5, 0.6) is 0 Å². The molecule has 0 saturated carbocycles. The van der Waals surface area contributed by atoms with Crippen molar-refractivity contribution in [3.8, 4) is 0 Å². The van der Waals surface area contributed by atoms with Crippen molar-refractivity contribution >= 4 is 36.5 Å². The minimum absolute atomic E-state index is 0. The molecule has 7 heteroatoms. The van der Waals surface area contributed by atoms with Gasteiger partial charge in [0.2, 0.25) is 0 Å². The number of nitrogens with zero attached hydrogens (tertiary/aromatic N) is 2. The molecule has 0 unspecified atom stereocenters. The van der Waals surface area contributed by atoms with Crippen molar-refractivity contribution in [2.75, 3.05) is 37.6 Å². The highest BCUT2D eigenvalue weighted by atomic mass is 35.5. The van der Waals surface area contributed by atoms with Gasteiger partial charge in [0.15, 0.2) is 0 Å². The molecule has 136 valence electrons. The molecular weight excluding hydrogens is 347 g/mol. The summed E-state index contributed by atoms with van der Waals surface area (Å²) < 4.78 is 0. The largest absolute Gasteiger partial charge is 0.357 e. The molecule has 0 bridgehead atoms. The first-order valence-corrected chi connectivity index (χ1v) is 8.12. The number of carbonyl (C=O) groups excluding carboxylic acids is 1. The molecule has 1 aliphatic rings. The van der Waals surface area contributed by atoms with E-state index in [4.69, 9.17) is 0 Å². The number of hydrogen-bond acceptors (Lipinski definition) is 4. The lowest BCUT2D eigenvalue weighted by atomic mass is 10.1. The van der Waals surface area contributed by atoms with E-state index in [1.54, 1.807) is 6.20 Å². The molecule has 1 amide bonds. The number of amides is 1. The van der Waals surface area contributed by atoms with Crippen LogP contribution in [-0.4, -0.2) is 43.6 Å².